The third-order valence-electron chi connectivity index (χ3n) is 2.99. The number of carbonyl (C=O) groups is 1. The number of hydrogen-bond acceptors (Lipinski definition) is 3. The molecule has 1 N–H and O–H groups in total. The second-order valence-electron chi connectivity index (χ2n) is 5.47. The molecular weight excluding hydrogens is 230 g/mol. The number of likely N-dealkylation sites (N-methyl/N-ethyl adjacent to an activating group) is 1. The Bertz CT molecular complexity index is 262. The van der Waals surface area contributed by atoms with Gasteiger partial charge in [0.1, 0.15) is 12.6 Å². The van der Waals surface area contributed by atoms with Crippen LogP contribution in [0.2, 0.25) is 0 Å². The lowest BCUT2D eigenvalue weighted by Gasteiger charge is -2.32. The van der Waals surface area contributed by atoms with Crippen molar-refractivity contribution in [1.29, 1.82) is 0 Å². The molecule has 0 aromatic rings. The van der Waals surface area contributed by atoms with Gasteiger partial charge < -0.3 is 19.5 Å². The van der Waals surface area contributed by atoms with Gasteiger partial charge in [0.25, 0.3) is 0 Å². The third kappa shape index (κ3) is 10.3. The summed E-state index contributed by atoms with van der Waals surface area (Å²) in [5.74, 6) is -0.998. The Morgan fingerprint density at radius 2 is 2.06 bits per heavy atom. The minimum Gasteiger partial charge on any atom is -0.550 e. The number of carboxylic acids is 1. The maximum absolute atomic E-state index is 10.3. The van der Waals surface area contributed by atoms with Crippen molar-refractivity contribution in [1.82, 2.24) is 0 Å². The van der Waals surface area contributed by atoms with Crippen molar-refractivity contribution in [2.45, 2.75) is 45.1 Å². The normalized spacial score (nSPS) is 14.0. The first-order valence-corrected chi connectivity index (χ1v) is 6.68. The number of unbranched alkanes of at least 4 members (excludes halogenated alkanes) is 1. The fourth-order valence-corrected chi connectivity index (χ4v) is 2.04. The molecule has 0 fully saturated rings. The van der Waals surface area contributed by atoms with Gasteiger partial charge in [0.05, 0.1) is 20.6 Å². The maximum atomic E-state index is 10.3. The van der Waals surface area contributed by atoms with Crippen LogP contribution in [0, 0.1) is 0 Å². The van der Waals surface area contributed by atoms with Crippen LogP contribution in [0.1, 0.15) is 39.0 Å². The lowest BCUT2D eigenvalue weighted by molar-refractivity contribution is -0.893. The highest BCUT2D eigenvalue weighted by molar-refractivity contribution is 5.64. The molecule has 1 atom stereocenters. The zero-order valence-corrected chi connectivity index (χ0v) is 11.9. The van der Waals surface area contributed by atoms with Crippen molar-refractivity contribution >= 4 is 5.97 Å². The average molecular weight is 257 g/mol. The molecule has 0 bridgehead atoms. The van der Waals surface area contributed by atoms with E-state index in [1.54, 1.807) is 0 Å². The molecule has 0 rings (SSSR count). The van der Waals surface area contributed by atoms with E-state index in [9.17, 15) is 15.0 Å². The topological polar surface area (TPSA) is 60.4 Å². The van der Waals surface area contributed by atoms with Crippen molar-refractivity contribution in [3.8, 4) is 0 Å². The monoisotopic (exact) mass is 257 g/mol. The van der Waals surface area contributed by atoms with E-state index < -0.39 is 5.97 Å². The molecule has 0 saturated heterocycles. The molecule has 0 saturated carbocycles. The third-order valence-corrected chi connectivity index (χ3v) is 2.99. The van der Waals surface area contributed by atoms with Crippen molar-refractivity contribution < 1.29 is 19.5 Å². The van der Waals surface area contributed by atoms with Gasteiger partial charge in [-0.25, -0.2) is 0 Å². The standard InChI is InChI=1S/C14H27NO3/c1-4-5-6-7-9-13(16)12-15(2,3)11-8-10-14(17)18/h4-5,13,16H,6-12H2,1-3H3/b5-4+. The van der Waals surface area contributed by atoms with E-state index in [0.29, 0.717) is 17.4 Å². The molecule has 0 aliphatic heterocycles. The summed E-state index contributed by atoms with van der Waals surface area (Å²) in [7, 11) is 4.04. The van der Waals surface area contributed by atoms with Gasteiger partial charge in [-0.3, -0.25) is 0 Å². The Balaban J connectivity index is 3.80. The second-order valence-corrected chi connectivity index (χ2v) is 5.47. The van der Waals surface area contributed by atoms with E-state index in [1.807, 2.05) is 27.1 Å². The number of hydrogen-bond donors (Lipinski definition) is 1. The van der Waals surface area contributed by atoms with E-state index in [-0.39, 0.29) is 12.5 Å². The van der Waals surface area contributed by atoms with Gasteiger partial charge in [0.2, 0.25) is 0 Å². The summed E-state index contributed by atoms with van der Waals surface area (Å²) in [5, 5.41) is 20.3. The van der Waals surface area contributed by atoms with E-state index in [0.717, 1.165) is 25.8 Å². The first-order valence-electron chi connectivity index (χ1n) is 6.68. The summed E-state index contributed by atoms with van der Waals surface area (Å²) < 4.78 is 0.651. The van der Waals surface area contributed by atoms with Gasteiger partial charge >= 0.3 is 0 Å². The van der Waals surface area contributed by atoms with Crippen LogP contribution in [-0.4, -0.2) is 48.8 Å². The Morgan fingerprint density at radius 3 is 2.61 bits per heavy atom. The number of carboxylic acid groups (broad SMARTS) is 1. The Labute approximate surface area is 111 Å². The SMILES string of the molecule is C/C=C/CCCC(O)C[N+](C)(C)CCCC(=O)[O-]. The summed E-state index contributed by atoms with van der Waals surface area (Å²) in [4.78, 5) is 10.3. The molecule has 0 heterocycles. The Kier molecular flexibility index (Phi) is 8.67. The maximum Gasteiger partial charge on any atom is 0.105 e. The van der Waals surface area contributed by atoms with Gasteiger partial charge in [0, 0.05) is 12.4 Å². The van der Waals surface area contributed by atoms with Crippen LogP contribution in [0.5, 0.6) is 0 Å². The lowest BCUT2D eigenvalue weighted by atomic mass is 10.1. The predicted molar refractivity (Wildman–Crippen MR) is 70.8 cm³/mol. The highest BCUT2D eigenvalue weighted by Gasteiger charge is 2.19. The quantitative estimate of drug-likeness (QED) is 0.356. The Hall–Kier alpha value is -0.870. The van der Waals surface area contributed by atoms with Crippen molar-refractivity contribution in [2.24, 2.45) is 0 Å². The Morgan fingerprint density at radius 1 is 1.39 bits per heavy atom. The fourth-order valence-electron chi connectivity index (χ4n) is 2.04. The number of aliphatic hydroxyl groups excluding tert-OH is 1. The van der Waals surface area contributed by atoms with Crippen molar-refractivity contribution in [3.63, 3.8) is 0 Å². The molecular formula is C14H27NO3. The minimum atomic E-state index is -0.998. The summed E-state index contributed by atoms with van der Waals surface area (Å²) in [6.07, 6.45) is 7.30. The number of aliphatic hydroxyl groups is 1. The molecule has 0 aromatic carbocycles. The summed E-state index contributed by atoms with van der Waals surface area (Å²) >= 11 is 0. The number of nitrogens with zero attached hydrogens (tertiary/aromatic N) is 1. The van der Waals surface area contributed by atoms with Crippen LogP contribution in [0.4, 0.5) is 0 Å². The molecule has 0 aromatic heterocycles. The van der Waals surface area contributed by atoms with Crippen LogP contribution in [0.15, 0.2) is 12.2 Å². The smallest absolute Gasteiger partial charge is 0.105 e. The molecule has 1 unspecified atom stereocenters. The first-order chi connectivity index (χ1) is 8.37. The lowest BCUT2D eigenvalue weighted by Crippen LogP contribution is -2.46. The average Bonchev–Trinajstić information content (AvgIpc) is 2.22. The number of carbonyl (C=O) groups excluding carboxylic acids is 1. The second kappa shape index (κ2) is 9.11. The van der Waals surface area contributed by atoms with Gasteiger partial charge in [0.15, 0.2) is 0 Å². The van der Waals surface area contributed by atoms with Crippen LogP contribution in [0.25, 0.3) is 0 Å². The minimum absolute atomic E-state index is 0.0963. The highest BCUT2D eigenvalue weighted by Crippen LogP contribution is 2.08. The summed E-state index contributed by atoms with van der Waals surface area (Å²) in [6, 6.07) is 0. The zero-order valence-electron chi connectivity index (χ0n) is 11.9. The number of allylic oxidation sites excluding steroid dienone is 2. The summed E-state index contributed by atoms with van der Waals surface area (Å²) in [5.41, 5.74) is 0. The van der Waals surface area contributed by atoms with Gasteiger partial charge in [-0.1, -0.05) is 12.2 Å². The van der Waals surface area contributed by atoms with Crippen molar-refractivity contribution in [3.05, 3.63) is 12.2 Å². The molecule has 0 aliphatic carbocycles. The summed E-state index contributed by atoms with van der Waals surface area (Å²) in [6.45, 7) is 3.41. The molecule has 4 heteroatoms. The molecule has 106 valence electrons. The van der Waals surface area contributed by atoms with E-state index in [4.69, 9.17) is 0 Å². The zero-order chi connectivity index (χ0) is 14.0. The molecule has 0 amide bonds. The number of rotatable bonds is 10. The van der Waals surface area contributed by atoms with Gasteiger partial charge in [-0.15, -0.1) is 0 Å². The van der Waals surface area contributed by atoms with Gasteiger partial charge in [-0.2, -0.15) is 0 Å². The fraction of sp³-hybridized carbons (Fsp3) is 0.786. The first kappa shape index (κ1) is 17.1. The van der Waals surface area contributed by atoms with Crippen LogP contribution in [-0.2, 0) is 4.79 Å². The largest absolute Gasteiger partial charge is 0.550 e. The molecule has 4 nitrogen and oxygen atoms in total. The predicted octanol–water partition coefficient (Wildman–Crippen LogP) is 0.700. The van der Waals surface area contributed by atoms with Crippen LogP contribution in [0.3, 0.4) is 0 Å². The molecule has 0 radical (unpaired) electrons. The van der Waals surface area contributed by atoms with Crippen molar-refractivity contribution in [2.75, 3.05) is 27.2 Å². The van der Waals surface area contributed by atoms with Crippen LogP contribution < -0.4 is 5.11 Å². The number of aliphatic carboxylic acids is 1. The van der Waals surface area contributed by atoms with E-state index in [1.165, 1.54) is 0 Å². The van der Waals surface area contributed by atoms with Gasteiger partial charge in [-0.05, 0) is 32.6 Å². The molecule has 18 heavy (non-hydrogen) atoms. The highest BCUT2D eigenvalue weighted by atomic mass is 16.4. The molecule has 0 spiro atoms. The number of quaternary nitrogens is 1. The van der Waals surface area contributed by atoms with E-state index >= 15 is 0 Å². The van der Waals surface area contributed by atoms with Crippen LogP contribution >= 0.6 is 0 Å². The molecule has 0 aliphatic rings. The van der Waals surface area contributed by atoms with E-state index in [2.05, 4.69) is 6.08 Å².